The topological polar surface area (TPSA) is 72.2 Å². The van der Waals surface area contributed by atoms with Crippen molar-refractivity contribution in [2.24, 2.45) is 0 Å². The molecule has 0 atom stereocenters. The van der Waals surface area contributed by atoms with Gasteiger partial charge >= 0.3 is 0 Å². The van der Waals surface area contributed by atoms with Crippen LogP contribution in [0.1, 0.15) is 15.9 Å². The smallest absolute Gasteiger partial charge is 0.292 e. The fourth-order valence-corrected chi connectivity index (χ4v) is 2.18. The van der Waals surface area contributed by atoms with Crippen molar-refractivity contribution in [2.45, 2.75) is 6.92 Å². The lowest BCUT2D eigenvalue weighted by molar-refractivity contribution is -0.383. The fraction of sp³-hybridized carbons (Fsp3) is 0.0714. The molecule has 0 aliphatic carbocycles. The van der Waals surface area contributed by atoms with Gasteiger partial charge in [-0.2, -0.15) is 0 Å². The number of nitrogens with zero attached hydrogens (tertiary/aromatic N) is 1. The second-order valence-corrected chi connectivity index (χ2v) is 5.35. The van der Waals surface area contributed by atoms with Crippen LogP contribution in [0.2, 0.25) is 0 Å². The van der Waals surface area contributed by atoms with Gasteiger partial charge in [0.25, 0.3) is 11.6 Å². The van der Waals surface area contributed by atoms with Crippen LogP contribution in [0.5, 0.6) is 0 Å². The quantitative estimate of drug-likeness (QED) is 0.499. The molecule has 2 rings (SSSR count). The zero-order chi connectivity index (χ0) is 14.7. The van der Waals surface area contributed by atoms with Gasteiger partial charge in [-0.15, -0.1) is 0 Å². The van der Waals surface area contributed by atoms with Crippen molar-refractivity contribution in [1.82, 2.24) is 0 Å². The first-order valence-corrected chi connectivity index (χ1v) is 6.88. The predicted octanol–water partition coefficient (Wildman–Crippen LogP) is 3.76. The van der Waals surface area contributed by atoms with Gasteiger partial charge in [-0.25, -0.2) is 0 Å². The second kappa shape index (κ2) is 6.00. The molecule has 0 spiro atoms. The number of rotatable bonds is 3. The van der Waals surface area contributed by atoms with Gasteiger partial charge in [-0.3, -0.25) is 14.9 Å². The number of benzene rings is 2. The summed E-state index contributed by atoms with van der Waals surface area (Å²) in [7, 11) is 0. The zero-order valence-electron chi connectivity index (χ0n) is 10.6. The van der Waals surface area contributed by atoms with Crippen molar-refractivity contribution in [3.63, 3.8) is 0 Å². The molecule has 5 nitrogen and oxygen atoms in total. The Bertz CT molecular complexity index is 686. The van der Waals surface area contributed by atoms with Crippen molar-refractivity contribution in [1.29, 1.82) is 0 Å². The lowest BCUT2D eigenvalue weighted by Crippen LogP contribution is -2.13. The van der Waals surface area contributed by atoms with Crippen LogP contribution in [-0.4, -0.2) is 10.8 Å². The van der Waals surface area contributed by atoms with Crippen LogP contribution < -0.4 is 5.32 Å². The molecule has 20 heavy (non-hydrogen) atoms. The Kier molecular flexibility index (Phi) is 4.33. The Balaban J connectivity index is 2.28. The van der Waals surface area contributed by atoms with Crippen molar-refractivity contribution in [3.05, 3.63) is 67.3 Å². The minimum absolute atomic E-state index is 0.123. The number of nitrogens with one attached hydrogen (secondary N) is 1. The molecular weight excluding hydrogens is 371 g/mol. The standard InChI is InChI=1S/C14H11IN2O3/c1-9-6-7-10(8-11(9)15)14(18)16-12-4-2-3-5-13(12)17(19)20/h2-8H,1H3,(H,16,18). The molecule has 6 heteroatoms. The summed E-state index contributed by atoms with van der Waals surface area (Å²) in [6, 6.07) is 11.4. The first-order valence-electron chi connectivity index (χ1n) is 5.80. The molecular formula is C14H11IN2O3. The third-order valence-corrected chi connectivity index (χ3v) is 3.95. The van der Waals surface area contributed by atoms with Gasteiger partial charge in [0.2, 0.25) is 0 Å². The van der Waals surface area contributed by atoms with E-state index < -0.39 is 4.92 Å². The van der Waals surface area contributed by atoms with E-state index in [0.29, 0.717) is 5.56 Å². The van der Waals surface area contributed by atoms with Crippen molar-refractivity contribution in [3.8, 4) is 0 Å². The van der Waals surface area contributed by atoms with Crippen LogP contribution in [0.3, 0.4) is 0 Å². The number of anilines is 1. The van der Waals surface area contributed by atoms with E-state index in [4.69, 9.17) is 0 Å². The van der Waals surface area contributed by atoms with Gasteiger partial charge in [0.05, 0.1) is 4.92 Å². The highest BCUT2D eigenvalue weighted by molar-refractivity contribution is 14.1. The molecule has 0 bridgehead atoms. The van der Waals surface area contributed by atoms with Crippen LogP contribution in [0.15, 0.2) is 42.5 Å². The predicted molar refractivity (Wildman–Crippen MR) is 84.9 cm³/mol. The van der Waals surface area contributed by atoms with Crippen LogP contribution in [0.25, 0.3) is 0 Å². The molecule has 2 aromatic carbocycles. The number of hydrogen-bond acceptors (Lipinski definition) is 3. The lowest BCUT2D eigenvalue weighted by Gasteiger charge is -2.07. The summed E-state index contributed by atoms with van der Waals surface area (Å²) in [5, 5.41) is 13.5. The Morgan fingerprint density at radius 3 is 2.60 bits per heavy atom. The lowest BCUT2D eigenvalue weighted by atomic mass is 10.1. The number of amides is 1. The van der Waals surface area contributed by atoms with Crippen molar-refractivity contribution < 1.29 is 9.72 Å². The molecule has 0 saturated heterocycles. The Morgan fingerprint density at radius 1 is 1.25 bits per heavy atom. The van der Waals surface area contributed by atoms with Crippen LogP contribution >= 0.6 is 22.6 Å². The first-order chi connectivity index (χ1) is 9.49. The van der Waals surface area contributed by atoms with Crippen LogP contribution in [0, 0.1) is 20.6 Å². The van der Waals surface area contributed by atoms with E-state index in [1.54, 1.807) is 24.3 Å². The number of aryl methyl sites for hydroxylation is 1. The second-order valence-electron chi connectivity index (χ2n) is 4.19. The molecule has 2 aromatic rings. The maximum atomic E-state index is 12.1. The van der Waals surface area contributed by atoms with E-state index in [9.17, 15) is 14.9 Å². The van der Waals surface area contributed by atoms with Gasteiger partial charge in [0.15, 0.2) is 0 Å². The number of halogens is 1. The molecule has 1 N–H and O–H groups in total. The molecule has 1 amide bonds. The molecule has 102 valence electrons. The average molecular weight is 382 g/mol. The van der Waals surface area contributed by atoms with Gasteiger partial charge in [0, 0.05) is 15.2 Å². The number of carbonyl (C=O) groups excluding carboxylic acids is 1. The van der Waals surface area contributed by atoms with E-state index in [1.807, 2.05) is 13.0 Å². The summed E-state index contributed by atoms with van der Waals surface area (Å²) in [6.07, 6.45) is 0. The van der Waals surface area contributed by atoms with Gasteiger partial charge in [0.1, 0.15) is 5.69 Å². The normalized spacial score (nSPS) is 10.1. The Hall–Kier alpha value is -1.96. The third kappa shape index (κ3) is 3.13. The maximum absolute atomic E-state index is 12.1. The first kappa shape index (κ1) is 14.4. The highest BCUT2D eigenvalue weighted by atomic mass is 127. The molecule has 0 aliphatic rings. The molecule has 0 saturated carbocycles. The monoisotopic (exact) mass is 382 g/mol. The van der Waals surface area contributed by atoms with Crippen molar-refractivity contribution >= 4 is 39.9 Å². The summed E-state index contributed by atoms with van der Waals surface area (Å²) in [6.45, 7) is 1.95. The van der Waals surface area contributed by atoms with Gasteiger partial charge in [-0.05, 0) is 53.3 Å². The minimum Gasteiger partial charge on any atom is -0.316 e. The van der Waals surface area contributed by atoms with Crippen molar-refractivity contribution in [2.75, 3.05) is 5.32 Å². The molecule has 0 unspecified atom stereocenters. The highest BCUT2D eigenvalue weighted by Gasteiger charge is 2.15. The van der Waals surface area contributed by atoms with E-state index in [1.165, 1.54) is 12.1 Å². The minimum atomic E-state index is -0.519. The summed E-state index contributed by atoms with van der Waals surface area (Å²) in [5.74, 6) is -0.364. The third-order valence-electron chi connectivity index (χ3n) is 2.78. The summed E-state index contributed by atoms with van der Waals surface area (Å²) in [5.41, 5.74) is 1.62. The van der Waals surface area contributed by atoms with Crippen LogP contribution in [-0.2, 0) is 0 Å². The van der Waals surface area contributed by atoms with E-state index in [0.717, 1.165) is 9.13 Å². The SMILES string of the molecule is Cc1ccc(C(=O)Nc2ccccc2[N+](=O)[O-])cc1I. The van der Waals surface area contributed by atoms with Gasteiger partial charge < -0.3 is 5.32 Å². The maximum Gasteiger partial charge on any atom is 0.292 e. The Morgan fingerprint density at radius 2 is 1.95 bits per heavy atom. The van der Waals surface area contributed by atoms with Crippen LogP contribution in [0.4, 0.5) is 11.4 Å². The Labute approximate surface area is 129 Å². The van der Waals surface area contributed by atoms with Gasteiger partial charge in [-0.1, -0.05) is 18.2 Å². The summed E-state index contributed by atoms with van der Waals surface area (Å²) >= 11 is 2.14. The highest BCUT2D eigenvalue weighted by Crippen LogP contribution is 2.24. The number of nitro benzene ring substituents is 1. The molecule has 0 heterocycles. The number of nitro groups is 1. The van der Waals surface area contributed by atoms with E-state index in [2.05, 4.69) is 27.9 Å². The van der Waals surface area contributed by atoms with E-state index >= 15 is 0 Å². The van der Waals surface area contributed by atoms with E-state index in [-0.39, 0.29) is 17.3 Å². The summed E-state index contributed by atoms with van der Waals surface area (Å²) in [4.78, 5) is 22.5. The fourth-order valence-electron chi connectivity index (χ4n) is 1.67. The largest absolute Gasteiger partial charge is 0.316 e. The average Bonchev–Trinajstić information content (AvgIpc) is 2.42. The number of carbonyl (C=O) groups is 1. The molecule has 0 aromatic heterocycles. The number of hydrogen-bond donors (Lipinski definition) is 1. The molecule has 0 fully saturated rings. The zero-order valence-corrected chi connectivity index (χ0v) is 12.7. The molecule has 0 aliphatic heterocycles. The summed E-state index contributed by atoms with van der Waals surface area (Å²) < 4.78 is 0.970. The molecule has 0 radical (unpaired) electrons. The number of para-hydroxylation sites is 2.